The smallest absolute Gasteiger partial charge is 0.341 e. The summed E-state index contributed by atoms with van der Waals surface area (Å²) in [7, 11) is 0. The summed E-state index contributed by atoms with van der Waals surface area (Å²) in [5.41, 5.74) is 2.19. The molecule has 0 aliphatic heterocycles. The van der Waals surface area contributed by atoms with E-state index >= 15 is 0 Å². The highest BCUT2D eigenvalue weighted by Crippen LogP contribution is 2.39. The van der Waals surface area contributed by atoms with Crippen molar-refractivity contribution in [1.82, 2.24) is 24.9 Å². The van der Waals surface area contributed by atoms with Crippen LogP contribution in [-0.2, 0) is 4.79 Å². The number of amides is 3. The van der Waals surface area contributed by atoms with E-state index in [4.69, 9.17) is 5.84 Å². The van der Waals surface area contributed by atoms with Crippen LogP contribution in [0.15, 0.2) is 11.7 Å². The molecule has 2 aromatic heterocycles. The Morgan fingerprint density at radius 1 is 1.26 bits per heavy atom. The maximum Gasteiger partial charge on any atom is 0.341 e. The van der Waals surface area contributed by atoms with Gasteiger partial charge in [-0.3, -0.25) is 24.5 Å². The molecule has 188 valence electrons. The van der Waals surface area contributed by atoms with Gasteiger partial charge in [-0.2, -0.15) is 0 Å². The molecule has 35 heavy (non-hydrogen) atoms. The Kier molecular flexibility index (Phi) is 7.31. The molecular formula is C23H31N7O4S. The molecule has 2 aliphatic carbocycles. The van der Waals surface area contributed by atoms with Gasteiger partial charge in [-0.25, -0.2) is 20.6 Å². The molecule has 2 heterocycles. The molecule has 0 unspecified atom stereocenters. The first kappa shape index (κ1) is 25.0. The largest absolute Gasteiger partial charge is 0.345 e. The molecule has 2 fully saturated rings. The lowest BCUT2D eigenvalue weighted by atomic mass is 10.0. The molecule has 0 saturated heterocycles. The Morgan fingerprint density at radius 2 is 1.97 bits per heavy atom. The normalized spacial score (nSPS) is 16.1. The summed E-state index contributed by atoms with van der Waals surface area (Å²) in [6.07, 6.45) is 6.70. The third-order valence-corrected chi connectivity index (χ3v) is 7.16. The summed E-state index contributed by atoms with van der Waals surface area (Å²) in [5, 5.41) is 2.41. The van der Waals surface area contributed by atoms with Crippen molar-refractivity contribution in [3.8, 4) is 0 Å². The quantitative estimate of drug-likeness (QED) is 0.166. The SMILES string of the molecule is Cc1c(C(=O)N(C(=O)c2csc(N(CC3CC3)C3CC3)n2)[C@H](C=O)CC(C)C)ncn1C(=O)NN. The molecule has 3 amide bonds. The van der Waals surface area contributed by atoms with Crippen LogP contribution >= 0.6 is 11.3 Å². The van der Waals surface area contributed by atoms with E-state index in [0.29, 0.717) is 18.2 Å². The number of carbonyl (C=O) groups is 4. The van der Waals surface area contributed by atoms with Gasteiger partial charge in [0.1, 0.15) is 24.0 Å². The van der Waals surface area contributed by atoms with Crippen LogP contribution in [-0.4, -0.2) is 62.2 Å². The molecule has 0 radical (unpaired) electrons. The Bertz CT molecular complexity index is 1120. The number of thiazole rings is 1. The number of hydrogen-bond donors (Lipinski definition) is 2. The Hall–Kier alpha value is -3.12. The van der Waals surface area contributed by atoms with E-state index < -0.39 is 23.9 Å². The van der Waals surface area contributed by atoms with E-state index in [1.54, 1.807) is 5.38 Å². The zero-order valence-corrected chi connectivity index (χ0v) is 21.0. The minimum atomic E-state index is -1.00. The molecule has 12 heteroatoms. The van der Waals surface area contributed by atoms with Crippen LogP contribution in [0.2, 0.25) is 0 Å². The van der Waals surface area contributed by atoms with E-state index in [2.05, 4.69) is 14.9 Å². The average molecular weight is 502 g/mol. The third kappa shape index (κ3) is 5.43. The van der Waals surface area contributed by atoms with Crippen molar-refractivity contribution in [2.45, 2.75) is 65.0 Å². The van der Waals surface area contributed by atoms with Crippen LogP contribution in [0.3, 0.4) is 0 Å². The van der Waals surface area contributed by atoms with Crippen molar-refractivity contribution in [3.63, 3.8) is 0 Å². The predicted octanol–water partition coefficient (Wildman–Crippen LogP) is 2.35. The zero-order chi connectivity index (χ0) is 25.3. The number of nitrogen functional groups attached to an aromatic ring is 1. The number of aldehydes is 1. The molecular weight excluding hydrogens is 470 g/mol. The maximum absolute atomic E-state index is 13.6. The van der Waals surface area contributed by atoms with Gasteiger partial charge in [-0.15, -0.1) is 11.3 Å². The summed E-state index contributed by atoms with van der Waals surface area (Å²) >= 11 is 1.38. The monoisotopic (exact) mass is 501 g/mol. The second-order valence-electron chi connectivity index (χ2n) is 9.65. The number of nitrogens with one attached hydrogen (secondary N) is 1. The van der Waals surface area contributed by atoms with Gasteiger partial charge in [-0.05, 0) is 50.9 Å². The highest BCUT2D eigenvalue weighted by atomic mass is 32.1. The second-order valence-corrected chi connectivity index (χ2v) is 10.5. The first-order valence-corrected chi connectivity index (χ1v) is 12.7. The molecule has 11 nitrogen and oxygen atoms in total. The van der Waals surface area contributed by atoms with Crippen molar-refractivity contribution in [2.24, 2.45) is 17.7 Å². The Labute approximate surface area is 207 Å². The second kappa shape index (κ2) is 10.2. The summed E-state index contributed by atoms with van der Waals surface area (Å²) in [5.74, 6) is 4.50. The first-order chi connectivity index (χ1) is 16.7. The van der Waals surface area contributed by atoms with E-state index in [1.807, 2.05) is 19.3 Å². The van der Waals surface area contributed by atoms with E-state index in [9.17, 15) is 19.2 Å². The maximum atomic E-state index is 13.6. The Morgan fingerprint density at radius 3 is 2.54 bits per heavy atom. The van der Waals surface area contributed by atoms with Crippen LogP contribution in [0.1, 0.15) is 72.6 Å². The molecule has 2 saturated carbocycles. The lowest BCUT2D eigenvalue weighted by Crippen LogP contribution is -2.47. The van der Waals surface area contributed by atoms with Gasteiger partial charge < -0.3 is 9.69 Å². The number of imide groups is 1. The molecule has 0 aromatic carbocycles. The lowest BCUT2D eigenvalue weighted by molar-refractivity contribution is -0.111. The van der Waals surface area contributed by atoms with E-state index in [-0.39, 0.29) is 29.4 Å². The van der Waals surface area contributed by atoms with E-state index in [1.165, 1.54) is 31.1 Å². The van der Waals surface area contributed by atoms with Gasteiger partial charge >= 0.3 is 6.03 Å². The fourth-order valence-corrected chi connectivity index (χ4v) is 4.95. The van der Waals surface area contributed by atoms with Crippen LogP contribution < -0.4 is 16.2 Å². The fourth-order valence-electron chi connectivity index (χ4n) is 4.07. The zero-order valence-electron chi connectivity index (χ0n) is 20.1. The number of anilines is 1. The van der Waals surface area contributed by atoms with E-state index in [0.717, 1.165) is 40.3 Å². The van der Waals surface area contributed by atoms with Crippen molar-refractivity contribution in [3.05, 3.63) is 28.8 Å². The van der Waals surface area contributed by atoms with Crippen molar-refractivity contribution in [2.75, 3.05) is 11.4 Å². The standard InChI is InChI=1S/C23H31N7O4S/c1-13(2)8-17(10-31)30(21(33)19-14(3)29(12-25-19)22(34)27-24)20(32)18-11-35-23(26-18)28(16-6-7-16)9-15-4-5-15/h10-13,15-17H,4-9,24H2,1-3H3,(H,27,34)/t17-/m0/s1. The van der Waals surface area contributed by atoms with Gasteiger partial charge in [0, 0.05) is 18.0 Å². The minimum Gasteiger partial charge on any atom is -0.345 e. The number of nitrogens with zero attached hydrogens (tertiary/aromatic N) is 5. The minimum absolute atomic E-state index is 0.0462. The van der Waals surface area contributed by atoms with Crippen molar-refractivity contribution >= 4 is 40.6 Å². The number of rotatable bonds is 10. The van der Waals surface area contributed by atoms with Gasteiger partial charge in [-0.1, -0.05) is 13.8 Å². The van der Waals surface area contributed by atoms with Gasteiger partial charge in [0.15, 0.2) is 5.13 Å². The molecule has 2 aromatic rings. The molecule has 1 atom stereocenters. The van der Waals surface area contributed by atoms with Crippen molar-refractivity contribution < 1.29 is 19.2 Å². The predicted molar refractivity (Wildman–Crippen MR) is 130 cm³/mol. The number of hydrazine groups is 1. The number of aromatic nitrogens is 3. The number of imidazole rings is 1. The topological polar surface area (TPSA) is 144 Å². The van der Waals surface area contributed by atoms with Crippen LogP contribution in [0.4, 0.5) is 9.93 Å². The number of nitrogens with two attached hydrogens (primary N) is 1. The molecule has 4 rings (SSSR count). The highest BCUT2D eigenvalue weighted by Gasteiger charge is 2.38. The summed E-state index contributed by atoms with van der Waals surface area (Å²) in [4.78, 5) is 63.1. The Balaban J connectivity index is 1.65. The summed E-state index contributed by atoms with van der Waals surface area (Å²) in [6, 6.07) is -1.23. The molecule has 3 N–H and O–H groups in total. The summed E-state index contributed by atoms with van der Waals surface area (Å²) in [6.45, 7) is 6.25. The average Bonchev–Trinajstić information content (AvgIpc) is 3.75. The molecule has 2 aliphatic rings. The fraction of sp³-hybridized carbons (Fsp3) is 0.565. The molecule has 0 spiro atoms. The first-order valence-electron chi connectivity index (χ1n) is 11.8. The number of carbonyl (C=O) groups excluding carboxylic acids is 4. The van der Waals surface area contributed by atoms with Crippen LogP contribution in [0, 0.1) is 18.8 Å². The van der Waals surface area contributed by atoms with Gasteiger partial charge in [0.2, 0.25) is 0 Å². The van der Waals surface area contributed by atoms with Gasteiger partial charge in [0.05, 0.1) is 11.7 Å². The van der Waals surface area contributed by atoms with Crippen LogP contribution in [0.5, 0.6) is 0 Å². The van der Waals surface area contributed by atoms with Crippen molar-refractivity contribution in [1.29, 1.82) is 0 Å². The van der Waals surface area contributed by atoms with Crippen LogP contribution in [0.25, 0.3) is 0 Å². The molecule has 0 bridgehead atoms. The lowest BCUT2D eigenvalue weighted by Gasteiger charge is -2.26. The number of hydrogen-bond acceptors (Lipinski definition) is 9. The summed E-state index contributed by atoms with van der Waals surface area (Å²) < 4.78 is 1.07. The van der Waals surface area contributed by atoms with Gasteiger partial charge in [0.25, 0.3) is 11.8 Å². The third-order valence-electron chi connectivity index (χ3n) is 6.29. The highest BCUT2D eigenvalue weighted by molar-refractivity contribution is 7.14.